The third-order valence-corrected chi connectivity index (χ3v) is 5.71. The Morgan fingerprint density at radius 3 is 2.61 bits per heavy atom. The molecule has 0 spiro atoms. The molecule has 0 saturated heterocycles. The molecule has 2 aromatic carbocycles. The number of ether oxygens (including phenoxy) is 1. The highest BCUT2D eigenvalue weighted by molar-refractivity contribution is 6.43. The highest BCUT2D eigenvalue weighted by Crippen LogP contribution is 2.52. The minimum Gasteiger partial charge on any atom is -0.497 e. The van der Waals surface area contributed by atoms with E-state index in [1.807, 2.05) is 18.2 Å². The third kappa shape index (κ3) is 2.41. The topological polar surface area (TPSA) is 21.3 Å². The fourth-order valence-corrected chi connectivity index (χ4v) is 4.13. The van der Waals surface area contributed by atoms with Crippen LogP contribution in [0.5, 0.6) is 5.75 Å². The second-order valence-corrected chi connectivity index (χ2v) is 6.86. The predicted octanol–water partition coefficient (Wildman–Crippen LogP) is 5.83. The van der Waals surface area contributed by atoms with Crippen LogP contribution in [0.1, 0.15) is 29.5 Å². The minimum absolute atomic E-state index is 0.212. The van der Waals surface area contributed by atoms with Gasteiger partial charge in [-0.25, -0.2) is 0 Å². The van der Waals surface area contributed by atoms with Crippen LogP contribution in [0.2, 0.25) is 10.0 Å². The zero-order chi connectivity index (χ0) is 16.0. The Hall–Kier alpha value is -1.64. The van der Waals surface area contributed by atoms with E-state index in [0.29, 0.717) is 21.9 Å². The van der Waals surface area contributed by atoms with Crippen molar-refractivity contribution in [2.24, 2.45) is 5.92 Å². The molecule has 0 amide bonds. The van der Waals surface area contributed by atoms with Crippen molar-refractivity contribution in [3.63, 3.8) is 0 Å². The number of rotatable bonds is 2. The first-order valence-electron chi connectivity index (χ1n) is 7.74. The molecule has 4 heteroatoms. The molecule has 23 heavy (non-hydrogen) atoms. The predicted molar refractivity (Wildman–Crippen MR) is 95.8 cm³/mol. The largest absolute Gasteiger partial charge is 0.497 e. The molecule has 0 radical (unpaired) electrons. The summed E-state index contributed by atoms with van der Waals surface area (Å²) in [6.45, 7) is 0. The van der Waals surface area contributed by atoms with Crippen molar-refractivity contribution in [1.29, 1.82) is 0 Å². The molecule has 1 aliphatic heterocycles. The average molecular weight is 346 g/mol. The van der Waals surface area contributed by atoms with E-state index in [0.717, 1.165) is 17.9 Å². The van der Waals surface area contributed by atoms with Crippen molar-refractivity contribution in [2.75, 3.05) is 12.4 Å². The molecule has 1 heterocycles. The number of fused-ring (bicyclic) bond motifs is 3. The number of hydrogen-bond donors (Lipinski definition) is 1. The van der Waals surface area contributed by atoms with E-state index >= 15 is 0 Å². The molecule has 0 aromatic heterocycles. The summed E-state index contributed by atoms with van der Waals surface area (Å²) in [5, 5.41) is 4.84. The van der Waals surface area contributed by atoms with E-state index in [9.17, 15) is 0 Å². The van der Waals surface area contributed by atoms with Crippen LogP contribution in [0, 0.1) is 5.92 Å². The number of halogens is 2. The molecule has 2 aromatic rings. The molecule has 1 aliphatic carbocycles. The van der Waals surface area contributed by atoms with Gasteiger partial charge >= 0.3 is 0 Å². The fraction of sp³-hybridized carbons (Fsp3) is 0.263. The van der Waals surface area contributed by atoms with E-state index < -0.39 is 0 Å². The maximum Gasteiger partial charge on any atom is 0.118 e. The van der Waals surface area contributed by atoms with Gasteiger partial charge in [0.1, 0.15) is 5.75 Å². The van der Waals surface area contributed by atoms with Gasteiger partial charge in [0.2, 0.25) is 0 Å². The van der Waals surface area contributed by atoms with Crippen LogP contribution in [0.3, 0.4) is 0 Å². The second kappa shape index (κ2) is 5.77. The Morgan fingerprint density at radius 2 is 1.87 bits per heavy atom. The van der Waals surface area contributed by atoms with Gasteiger partial charge in [0, 0.05) is 5.92 Å². The first kappa shape index (κ1) is 14.9. The van der Waals surface area contributed by atoms with Crippen molar-refractivity contribution >= 4 is 28.9 Å². The highest BCUT2D eigenvalue weighted by Gasteiger charge is 2.38. The zero-order valence-electron chi connectivity index (χ0n) is 12.7. The van der Waals surface area contributed by atoms with Gasteiger partial charge in [-0.3, -0.25) is 0 Å². The number of allylic oxidation sites excluding steroid dienone is 2. The number of hydrogen-bond acceptors (Lipinski definition) is 2. The second-order valence-electron chi connectivity index (χ2n) is 6.07. The molecule has 2 aliphatic rings. The summed E-state index contributed by atoms with van der Waals surface area (Å²) in [5.41, 5.74) is 3.45. The summed E-state index contributed by atoms with van der Waals surface area (Å²) in [6, 6.07) is 12.4. The lowest BCUT2D eigenvalue weighted by atomic mass is 9.77. The minimum atomic E-state index is 0.212. The molecular weight excluding hydrogens is 329 g/mol. The van der Waals surface area contributed by atoms with Gasteiger partial charge in [0.25, 0.3) is 0 Å². The van der Waals surface area contributed by atoms with Crippen molar-refractivity contribution in [1.82, 2.24) is 0 Å². The van der Waals surface area contributed by atoms with Gasteiger partial charge in [-0.05, 0) is 41.7 Å². The summed E-state index contributed by atoms with van der Waals surface area (Å²) in [6.07, 6.45) is 5.63. The van der Waals surface area contributed by atoms with Gasteiger partial charge in [-0.1, -0.05) is 53.6 Å². The van der Waals surface area contributed by atoms with Crippen molar-refractivity contribution in [3.05, 3.63) is 69.7 Å². The molecule has 0 fully saturated rings. The molecule has 2 nitrogen and oxygen atoms in total. The lowest BCUT2D eigenvalue weighted by molar-refractivity contribution is 0.411. The van der Waals surface area contributed by atoms with Crippen LogP contribution in [0.15, 0.2) is 48.6 Å². The van der Waals surface area contributed by atoms with Gasteiger partial charge in [0.05, 0.1) is 28.9 Å². The van der Waals surface area contributed by atoms with Gasteiger partial charge in [-0.2, -0.15) is 0 Å². The Labute approximate surface area is 146 Å². The van der Waals surface area contributed by atoms with Crippen LogP contribution in [-0.4, -0.2) is 7.11 Å². The number of nitrogens with one attached hydrogen (secondary N) is 1. The van der Waals surface area contributed by atoms with Crippen LogP contribution in [-0.2, 0) is 0 Å². The van der Waals surface area contributed by atoms with Crippen LogP contribution >= 0.6 is 23.2 Å². The monoisotopic (exact) mass is 345 g/mol. The Kier molecular flexibility index (Phi) is 3.74. The van der Waals surface area contributed by atoms with Crippen LogP contribution in [0.4, 0.5) is 5.69 Å². The van der Waals surface area contributed by atoms with Gasteiger partial charge in [-0.15, -0.1) is 0 Å². The average Bonchev–Trinajstić information content (AvgIpc) is 3.07. The number of benzene rings is 2. The van der Waals surface area contributed by atoms with E-state index in [4.69, 9.17) is 27.9 Å². The standard InChI is InChI=1S/C19H17Cl2NO/c1-23-12-7-5-11(6-8-12)18-14-4-2-3-13(14)15-9-10-16(20)17(21)19(15)22-18/h2-3,5-10,13-14,18,22H,4H2,1H3/t13-,14+,18+/m1/s1. The lowest BCUT2D eigenvalue weighted by Gasteiger charge is -2.38. The Morgan fingerprint density at radius 1 is 1.09 bits per heavy atom. The number of methoxy groups -OCH3 is 1. The normalized spacial score (nSPS) is 24.7. The van der Waals surface area contributed by atoms with Gasteiger partial charge < -0.3 is 10.1 Å². The summed E-state index contributed by atoms with van der Waals surface area (Å²) < 4.78 is 5.26. The zero-order valence-corrected chi connectivity index (χ0v) is 14.2. The maximum atomic E-state index is 6.46. The van der Waals surface area contributed by atoms with E-state index in [2.05, 4.69) is 35.7 Å². The highest BCUT2D eigenvalue weighted by atomic mass is 35.5. The molecule has 1 N–H and O–H groups in total. The van der Waals surface area contributed by atoms with Crippen LogP contribution < -0.4 is 10.1 Å². The maximum absolute atomic E-state index is 6.46. The fourth-order valence-electron chi connectivity index (χ4n) is 3.74. The molecule has 0 bridgehead atoms. The van der Waals surface area contributed by atoms with Crippen molar-refractivity contribution in [2.45, 2.75) is 18.4 Å². The quantitative estimate of drug-likeness (QED) is 0.691. The van der Waals surface area contributed by atoms with Crippen molar-refractivity contribution in [3.8, 4) is 5.75 Å². The molecular formula is C19H17Cl2NO. The summed E-state index contributed by atoms with van der Waals surface area (Å²) in [7, 11) is 1.68. The molecule has 0 unspecified atom stereocenters. The molecule has 4 rings (SSSR count). The SMILES string of the molecule is COc1ccc([C@@H]2Nc3c(ccc(Cl)c3Cl)[C@@H]3C=CC[C@@H]32)cc1. The van der Waals surface area contributed by atoms with Gasteiger partial charge in [0.15, 0.2) is 0 Å². The lowest BCUT2D eigenvalue weighted by Crippen LogP contribution is -2.29. The number of anilines is 1. The van der Waals surface area contributed by atoms with E-state index in [-0.39, 0.29) is 6.04 Å². The Balaban J connectivity index is 1.78. The molecule has 118 valence electrons. The van der Waals surface area contributed by atoms with E-state index in [1.54, 1.807) is 7.11 Å². The Bertz CT molecular complexity index is 770. The summed E-state index contributed by atoms with van der Waals surface area (Å²) in [5.74, 6) is 1.74. The molecule has 3 atom stereocenters. The van der Waals surface area contributed by atoms with Crippen LogP contribution in [0.25, 0.3) is 0 Å². The first-order valence-corrected chi connectivity index (χ1v) is 8.49. The third-order valence-electron chi connectivity index (χ3n) is 4.90. The van der Waals surface area contributed by atoms with E-state index in [1.165, 1.54) is 11.1 Å². The van der Waals surface area contributed by atoms with Crippen molar-refractivity contribution < 1.29 is 4.74 Å². The summed E-state index contributed by atoms with van der Waals surface area (Å²) >= 11 is 12.7. The molecule has 0 saturated carbocycles. The smallest absolute Gasteiger partial charge is 0.118 e. The first-order chi connectivity index (χ1) is 11.2. The summed E-state index contributed by atoms with van der Waals surface area (Å²) in [4.78, 5) is 0.